The van der Waals surface area contributed by atoms with Crippen LogP contribution in [0.5, 0.6) is 0 Å². The van der Waals surface area contributed by atoms with E-state index >= 15 is 0 Å². The largest absolute Gasteiger partial charge is 0.389 e. The Hall–Kier alpha value is -1.14. The Labute approximate surface area is 173 Å². The minimum Gasteiger partial charge on any atom is -0.389 e. The lowest BCUT2D eigenvalue weighted by Crippen LogP contribution is -2.49. The van der Waals surface area contributed by atoms with Gasteiger partial charge in [-0.15, -0.1) is 0 Å². The Morgan fingerprint density at radius 3 is 2.71 bits per heavy atom. The van der Waals surface area contributed by atoms with Gasteiger partial charge in [0.1, 0.15) is 5.82 Å². The van der Waals surface area contributed by atoms with Gasteiger partial charge in [0.05, 0.1) is 24.3 Å². The number of hydrogen-bond donors (Lipinski definition) is 1. The van der Waals surface area contributed by atoms with E-state index in [1.54, 1.807) is 6.20 Å². The molecular formula is C22H32ClN3O2. The zero-order valence-corrected chi connectivity index (χ0v) is 17.7. The molecular weight excluding hydrogens is 374 g/mol. The van der Waals surface area contributed by atoms with Crippen LogP contribution in [0.4, 0.5) is 5.82 Å². The maximum atomic E-state index is 10.4. The number of hydrogen-bond acceptors (Lipinski definition) is 5. The molecule has 4 aliphatic rings. The van der Waals surface area contributed by atoms with Crippen molar-refractivity contribution >= 4 is 17.4 Å². The minimum atomic E-state index is -0.438. The number of aromatic nitrogens is 1. The van der Waals surface area contributed by atoms with Crippen LogP contribution >= 0.6 is 11.6 Å². The molecule has 5 nitrogen and oxygen atoms in total. The second-order valence-electron chi connectivity index (χ2n) is 9.11. The van der Waals surface area contributed by atoms with E-state index in [0.717, 1.165) is 37.9 Å². The summed E-state index contributed by atoms with van der Waals surface area (Å²) in [5.41, 5.74) is 1.88. The Morgan fingerprint density at radius 1 is 1.29 bits per heavy atom. The van der Waals surface area contributed by atoms with E-state index < -0.39 is 6.10 Å². The molecule has 0 spiro atoms. The fraction of sp³-hybridized carbons (Fsp3) is 0.682. The molecule has 6 heteroatoms. The third-order valence-electron chi connectivity index (χ3n) is 7.04. The topological polar surface area (TPSA) is 48.8 Å². The summed E-state index contributed by atoms with van der Waals surface area (Å²) in [7, 11) is 0. The van der Waals surface area contributed by atoms with Gasteiger partial charge in [-0.3, -0.25) is 4.90 Å². The normalized spacial score (nSPS) is 27.9. The molecule has 1 saturated heterocycles. The highest BCUT2D eigenvalue weighted by Gasteiger charge is 2.50. The molecule has 2 fully saturated rings. The fourth-order valence-electron chi connectivity index (χ4n) is 5.02. The van der Waals surface area contributed by atoms with Crippen molar-refractivity contribution in [2.45, 2.75) is 32.8 Å². The molecule has 2 bridgehead atoms. The van der Waals surface area contributed by atoms with Gasteiger partial charge in [0.25, 0.3) is 0 Å². The highest BCUT2D eigenvalue weighted by atomic mass is 35.5. The standard InChI is InChI=1S/C22H32ClN3O2/c1-22(2)17-4-3-16(20(22)11-17)14-28-15-19(27)13-25-7-9-26(10-8-25)21-6-5-18(23)12-24-21/h3,5-6,12,17,19-20,27H,4,7-11,13-15H2,1-2H3. The van der Waals surface area contributed by atoms with Crippen LogP contribution in [0.15, 0.2) is 30.0 Å². The lowest BCUT2D eigenvalue weighted by Gasteiger charge is -2.56. The smallest absolute Gasteiger partial charge is 0.128 e. The van der Waals surface area contributed by atoms with E-state index in [1.807, 2.05) is 12.1 Å². The summed E-state index contributed by atoms with van der Waals surface area (Å²) in [6.45, 7) is 10.2. The van der Waals surface area contributed by atoms with Crippen LogP contribution in [0.2, 0.25) is 5.02 Å². The predicted molar refractivity (Wildman–Crippen MR) is 113 cm³/mol. The molecule has 3 aliphatic carbocycles. The fourth-order valence-corrected chi connectivity index (χ4v) is 5.13. The van der Waals surface area contributed by atoms with Crippen molar-refractivity contribution in [1.29, 1.82) is 0 Å². The Bertz CT molecular complexity index is 698. The molecule has 1 aliphatic heterocycles. The molecule has 1 aromatic rings. The van der Waals surface area contributed by atoms with Crippen LogP contribution in [0.1, 0.15) is 26.7 Å². The van der Waals surface area contributed by atoms with Crippen LogP contribution in [0, 0.1) is 17.3 Å². The molecule has 0 radical (unpaired) electrons. The number of anilines is 1. The van der Waals surface area contributed by atoms with Gasteiger partial charge in [0.15, 0.2) is 0 Å². The van der Waals surface area contributed by atoms with Crippen LogP contribution in [0.3, 0.4) is 0 Å². The van der Waals surface area contributed by atoms with E-state index in [2.05, 4.69) is 34.7 Å². The van der Waals surface area contributed by atoms with Gasteiger partial charge in [-0.05, 0) is 47.8 Å². The average molecular weight is 406 g/mol. The predicted octanol–water partition coefficient (Wildman–Crippen LogP) is 3.23. The summed E-state index contributed by atoms with van der Waals surface area (Å²) < 4.78 is 5.89. The van der Waals surface area contributed by atoms with Gasteiger partial charge in [-0.2, -0.15) is 0 Å². The van der Waals surface area contributed by atoms with Crippen LogP contribution in [0.25, 0.3) is 0 Å². The summed E-state index contributed by atoms with van der Waals surface area (Å²) in [4.78, 5) is 8.96. The zero-order chi connectivity index (χ0) is 19.7. The van der Waals surface area contributed by atoms with Gasteiger partial charge in [-0.25, -0.2) is 4.98 Å². The van der Waals surface area contributed by atoms with Gasteiger partial charge in [0.2, 0.25) is 0 Å². The van der Waals surface area contributed by atoms with E-state index in [1.165, 1.54) is 18.4 Å². The monoisotopic (exact) mass is 405 g/mol. The van der Waals surface area contributed by atoms with E-state index in [9.17, 15) is 5.11 Å². The third kappa shape index (κ3) is 4.23. The molecule has 0 amide bonds. The minimum absolute atomic E-state index is 0.410. The molecule has 5 rings (SSSR count). The first-order chi connectivity index (χ1) is 13.4. The highest BCUT2D eigenvalue weighted by Crippen LogP contribution is 2.59. The summed E-state index contributed by atoms with van der Waals surface area (Å²) in [5.74, 6) is 2.50. The van der Waals surface area contributed by atoms with Gasteiger partial charge >= 0.3 is 0 Å². The second kappa shape index (κ2) is 8.31. The summed E-state index contributed by atoms with van der Waals surface area (Å²) in [6.07, 6.45) is 6.14. The average Bonchev–Trinajstić information content (AvgIpc) is 2.69. The van der Waals surface area contributed by atoms with Crippen molar-refractivity contribution in [2.24, 2.45) is 17.3 Å². The molecule has 1 N–H and O–H groups in total. The highest BCUT2D eigenvalue weighted by molar-refractivity contribution is 6.30. The molecule has 3 unspecified atom stereocenters. The van der Waals surface area contributed by atoms with Crippen LogP contribution in [-0.4, -0.2) is 67.0 Å². The first-order valence-electron chi connectivity index (χ1n) is 10.5. The summed E-state index contributed by atoms with van der Waals surface area (Å²) in [5, 5.41) is 11.1. The van der Waals surface area contributed by atoms with Crippen LogP contribution < -0.4 is 4.90 Å². The Morgan fingerprint density at radius 2 is 2.07 bits per heavy atom. The second-order valence-corrected chi connectivity index (χ2v) is 9.55. The zero-order valence-electron chi connectivity index (χ0n) is 17.0. The molecule has 0 aromatic carbocycles. The molecule has 3 atom stereocenters. The van der Waals surface area contributed by atoms with Crippen molar-refractivity contribution in [1.82, 2.24) is 9.88 Å². The number of allylic oxidation sites excluding steroid dienone is 1. The summed E-state index contributed by atoms with van der Waals surface area (Å²) >= 11 is 5.91. The molecule has 28 heavy (non-hydrogen) atoms. The first kappa shape index (κ1) is 20.1. The van der Waals surface area contributed by atoms with Crippen molar-refractivity contribution in [3.63, 3.8) is 0 Å². The number of ether oxygens (including phenoxy) is 1. The number of aliphatic hydroxyl groups excluding tert-OH is 1. The van der Waals surface area contributed by atoms with Crippen molar-refractivity contribution in [2.75, 3.05) is 50.8 Å². The van der Waals surface area contributed by atoms with Crippen molar-refractivity contribution in [3.05, 3.63) is 35.0 Å². The quantitative estimate of drug-likeness (QED) is 0.706. The molecule has 1 saturated carbocycles. The molecule has 154 valence electrons. The maximum absolute atomic E-state index is 10.4. The number of pyridine rings is 1. The maximum Gasteiger partial charge on any atom is 0.128 e. The number of aliphatic hydroxyl groups is 1. The Balaban J connectivity index is 1.16. The number of rotatable bonds is 7. The van der Waals surface area contributed by atoms with Gasteiger partial charge < -0.3 is 14.7 Å². The van der Waals surface area contributed by atoms with E-state index in [4.69, 9.17) is 16.3 Å². The number of nitrogens with zero attached hydrogens (tertiary/aromatic N) is 3. The van der Waals surface area contributed by atoms with Crippen molar-refractivity contribution in [3.8, 4) is 0 Å². The van der Waals surface area contributed by atoms with Gasteiger partial charge in [0, 0.05) is 38.9 Å². The lowest BCUT2D eigenvalue weighted by atomic mass is 9.49. The number of halogens is 1. The number of β-amino-alcohol motifs (C(OH)–C–C–N with tert-alkyl or cyclic N) is 1. The SMILES string of the molecule is CC1(C)C2CC=C(COCC(O)CN3CCN(c4ccc(Cl)cn4)CC3)C1C2. The van der Waals surface area contributed by atoms with Crippen molar-refractivity contribution < 1.29 is 9.84 Å². The third-order valence-corrected chi connectivity index (χ3v) is 7.26. The lowest BCUT2D eigenvalue weighted by molar-refractivity contribution is -0.0262. The Kier molecular flexibility index (Phi) is 5.98. The first-order valence-corrected chi connectivity index (χ1v) is 10.8. The summed E-state index contributed by atoms with van der Waals surface area (Å²) in [6, 6.07) is 3.84. The molecule has 2 heterocycles. The number of fused-ring (bicyclic) bond motifs is 1. The molecule has 1 aromatic heterocycles. The van der Waals surface area contributed by atoms with Crippen LogP contribution in [-0.2, 0) is 4.74 Å². The van der Waals surface area contributed by atoms with E-state index in [-0.39, 0.29) is 0 Å². The number of piperazine rings is 1. The van der Waals surface area contributed by atoms with E-state index in [0.29, 0.717) is 36.1 Å². The van der Waals surface area contributed by atoms with Gasteiger partial charge in [-0.1, -0.05) is 31.5 Å².